The second-order valence-electron chi connectivity index (χ2n) is 9.94. The molecule has 0 aromatic heterocycles. The van der Waals surface area contributed by atoms with Gasteiger partial charge in [0.15, 0.2) is 6.61 Å². The van der Waals surface area contributed by atoms with E-state index in [1.54, 1.807) is 20.8 Å². The van der Waals surface area contributed by atoms with Crippen molar-refractivity contribution in [1.82, 2.24) is 15.5 Å². The van der Waals surface area contributed by atoms with Crippen LogP contribution in [0.2, 0.25) is 0 Å². The van der Waals surface area contributed by atoms with Gasteiger partial charge in [-0.25, -0.2) is 4.79 Å². The first-order valence-corrected chi connectivity index (χ1v) is 10.3. The number of nitrogens with zero attached hydrogens (tertiary/aromatic N) is 2. The molecular formula is C21H32N4O5. The van der Waals surface area contributed by atoms with E-state index in [1.165, 1.54) is 0 Å². The van der Waals surface area contributed by atoms with Crippen molar-refractivity contribution in [3.8, 4) is 6.07 Å². The molecule has 1 heterocycles. The van der Waals surface area contributed by atoms with E-state index in [1.807, 2.05) is 13.0 Å². The highest BCUT2D eigenvalue weighted by atomic mass is 16.5. The van der Waals surface area contributed by atoms with Crippen molar-refractivity contribution < 1.29 is 23.9 Å². The maximum absolute atomic E-state index is 13.0. The molecule has 1 saturated carbocycles. The molecule has 0 unspecified atom stereocenters. The van der Waals surface area contributed by atoms with Crippen LogP contribution in [0.15, 0.2) is 0 Å². The number of urea groups is 1. The number of ether oxygens (including phenoxy) is 1. The third-order valence-corrected chi connectivity index (χ3v) is 6.06. The minimum atomic E-state index is -1.09. The van der Waals surface area contributed by atoms with Crippen molar-refractivity contribution in [3.05, 3.63) is 0 Å². The minimum Gasteiger partial charge on any atom is -0.454 e. The molecular weight excluding hydrogens is 388 g/mol. The standard InChI is InChI=1S/C21H32N4O5/c1-13(2)20(6,12-22)23-15(26)10-30-16(27)9-25-17(28)21(24-18(25)29)8-14(3)7-19(4,5)11-21/h13-14H,7-11H2,1-6H3,(H,23,26)(H,24,29)/t14-,20+,21+/m0/s1. The average molecular weight is 421 g/mol. The van der Waals surface area contributed by atoms with Gasteiger partial charge in [0.05, 0.1) is 6.07 Å². The molecule has 2 aliphatic rings. The van der Waals surface area contributed by atoms with Gasteiger partial charge >= 0.3 is 12.0 Å². The van der Waals surface area contributed by atoms with Crippen molar-refractivity contribution in [3.63, 3.8) is 0 Å². The largest absolute Gasteiger partial charge is 0.454 e. The Morgan fingerprint density at radius 2 is 2.00 bits per heavy atom. The number of imide groups is 1. The molecule has 0 aromatic rings. The first-order valence-electron chi connectivity index (χ1n) is 10.3. The van der Waals surface area contributed by atoms with E-state index in [4.69, 9.17) is 4.74 Å². The van der Waals surface area contributed by atoms with Crippen LogP contribution in [0.5, 0.6) is 0 Å². The van der Waals surface area contributed by atoms with Crippen LogP contribution in [0.3, 0.4) is 0 Å². The van der Waals surface area contributed by atoms with Crippen LogP contribution >= 0.6 is 0 Å². The lowest BCUT2D eigenvalue weighted by Gasteiger charge is -2.43. The zero-order chi connectivity index (χ0) is 22.9. The highest BCUT2D eigenvalue weighted by Crippen LogP contribution is 2.46. The van der Waals surface area contributed by atoms with Crippen LogP contribution in [-0.4, -0.2) is 52.9 Å². The van der Waals surface area contributed by atoms with Crippen LogP contribution in [0, 0.1) is 28.6 Å². The maximum atomic E-state index is 13.0. The molecule has 1 aliphatic carbocycles. The van der Waals surface area contributed by atoms with Crippen LogP contribution < -0.4 is 10.6 Å². The van der Waals surface area contributed by atoms with Gasteiger partial charge in [-0.1, -0.05) is 34.6 Å². The molecule has 0 aromatic carbocycles. The molecule has 3 atom stereocenters. The smallest absolute Gasteiger partial charge is 0.326 e. The number of amides is 4. The molecule has 1 spiro atoms. The molecule has 0 radical (unpaired) electrons. The summed E-state index contributed by atoms with van der Waals surface area (Å²) in [4.78, 5) is 50.5. The average Bonchev–Trinajstić information content (AvgIpc) is 2.81. The van der Waals surface area contributed by atoms with Gasteiger partial charge in [0.2, 0.25) is 0 Å². The predicted octanol–water partition coefficient (Wildman–Crippen LogP) is 1.72. The fourth-order valence-electron chi connectivity index (χ4n) is 4.60. The fraction of sp³-hybridized carbons (Fsp3) is 0.762. The van der Waals surface area contributed by atoms with Crippen LogP contribution in [0.25, 0.3) is 0 Å². The first-order chi connectivity index (χ1) is 13.7. The van der Waals surface area contributed by atoms with Crippen LogP contribution in [-0.2, 0) is 19.1 Å². The van der Waals surface area contributed by atoms with Crippen molar-refractivity contribution in [2.45, 2.75) is 71.9 Å². The lowest BCUT2D eigenvalue weighted by Crippen LogP contribution is -2.54. The molecule has 1 aliphatic heterocycles. The molecule has 4 amide bonds. The molecule has 30 heavy (non-hydrogen) atoms. The molecule has 2 fully saturated rings. The second-order valence-corrected chi connectivity index (χ2v) is 9.94. The Morgan fingerprint density at radius 3 is 2.53 bits per heavy atom. The van der Waals surface area contributed by atoms with E-state index >= 15 is 0 Å². The zero-order valence-corrected chi connectivity index (χ0v) is 18.6. The number of esters is 1. The third kappa shape index (κ3) is 4.91. The van der Waals surface area contributed by atoms with E-state index in [2.05, 4.69) is 24.5 Å². The van der Waals surface area contributed by atoms with E-state index in [0.717, 1.165) is 11.3 Å². The highest BCUT2D eigenvalue weighted by Gasteiger charge is 2.56. The van der Waals surface area contributed by atoms with Crippen molar-refractivity contribution in [2.75, 3.05) is 13.2 Å². The number of hydrogen-bond acceptors (Lipinski definition) is 6. The summed E-state index contributed by atoms with van der Waals surface area (Å²) in [7, 11) is 0. The maximum Gasteiger partial charge on any atom is 0.326 e. The molecule has 9 heteroatoms. The van der Waals surface area contributed by atoms with Gasteiger partial charge in [-0.2, -0.15) is 5.26 Å². The van der Waals surface area contributed by atoms with Gasteiger partial charge in [-0.15, -0.1) is 0 Å². The monoisotopic (exact) mass is 420 g/mol. The van der Waals surface area contributed by atoms with E-state index in [9.17, 15) is 24.4 Å². The quantitative estimate of drug-likeness (QED) is 0.497. The Labute approximate surface area is 177 Å². The molecule has 2 rings (SSSR count). The fourth-order valence-corrected chi connectivity index (χ4v) is 4.60. The summed E-state index contributed by atoms with van der Waals surface area (Å²) in [5.74, 6) is -1.81. The number of carbonyl (C=O) groups is 4. The lowest BCUT2D eigenvalue weighted by molar-refractivity contribution is -0.151. The van der Waals surface area contributed by atoms with Gasteiger partial charge in [0.1, 0.15) is 17.6 Å². The normalized spacial score (nSPS) is 27.4. The summed E-state index contributed by atoms with van der Waals surface area (Å²) >= 11 is 0. The summed E-state index contributed by atoms with van der Waals surface area (Å²) < 4.78 is 4.94. The second kappa shape index (κ2) is 8.25. The Bertz CT molecular complexity index is 787. The Balaban J connectivity index is 1.96. The van der Waals surface area contributed by atoms with E-state index in [-0.39, 0.29) is 17.3 Å². The summed E-state index contributed by atoms with van der Waals surface area (Å²) in [6.45, 7) is 10.2. The van der Waals surface area contributed by atoms with Crippen molar-refractivity contribution in [2.24, 2.45) is 17.3 Å². The topological polar surface area (TPSA) is 129 Å². The predicted molar refractivity (Wildman–Crippen MR) is 108 cm³/mol. The summed E-state index contributed by atoms with van der Waals surface area (Å²) in [5, 5.41) is 14.6. The molecule has 0 bridgehead atoms. The van der Waals surface area contributed by atoms with Crippen LogP contribution in [0.4, 0.5) is 4.79 Å². The molecule has 166 valence electrons. The van der Waals surface area contributed by atoms with Crippen LogP contribution in [0.1, 0.15) is 60.8 Å². The third-order valence-electron chi connectivity index (χ3n) is 6.06. The summed E-state index contributed by atoms with van der Waals surface area (Å²) in [6, 6.07) is 1.41. The molecule has 2 N–H and O–H groups in total. The summed E-state index contributed by atoms with van der Waals surface area (Å²) in [5.41, 5.74) is -2.20. The SMILES string of the molecule is CC(C)[C@@](C)(C#N)NC(=O)COC(=O)CN1C(=O)N[C@@]2(C[C@@H](C)CC(C)(C)C2)C1=O. The van der Waals surface area contributed by atoms with E-state index < -0.39 is 48.0 Å². The number of carbonyl (C=O) groups excluding carboxylic acids is 4. The molecule has 1 saturated heterocycles. The van der Waals surface area contributed by atoms with Crippen molar-refractivity contribution >= 4 is 23.8 Å². The number of nitrogens with one attached hydrogen (secondary N) is 2. The lowest BCUT2D eigenvalue weighted by atomic mass is 9.64. The number of rotatable bonds is 6. The van der Waals surface area contributed by atoms with Gasteiger partial charge in [0, 0.05) is 0 Å². The zero-order valence-electron chi connectivity index (χ0n) is 18.6. The number of hydrogen-bond donors (Lipinski definition) is 2. The molecule has 9 nitrogen and oxygen atoms in total. The van der Waals surface area contributed by atoms with Gasteiger partial charge in [-0.3, -0.25) is 19.3 Å². The Kier molecular flexibility index (Phi) is 6.50. The minimum absolute atomic E-state index is 0.112. The first kappa shape index (κ1) is 23.6. The number of nitriles is 1. The van der Waals surface area contributed by atoms with Crippen molar-refractivity contribution in [1.29, 1.82) is 5.26 Å². The van der Waals surface area contributed by atoms with Gasteiger partial charge < -0.3 is 15.4 Å². The Hall–Kier alpha value is -2.63. The summed E-state index contributed by atoms with van der Waals surface area (Å²) in [6.07, 6.45) is 1.98. The van der Waals surface area contributed by atoms with Gasteiger partial charge in [0.25, 0.3) is 11.8 Å². The van der Waals surface area contributed by atoms with E-state index in [0.29, 0.717) is 12.8 Å². The van der Waals surface area contributed by atoms with Gasteiger partial charge in [-0.05, 0) is 43.4 Å². The Morgan fingerprint density at radius 1 is 1.37 bits per heavy atom. The highest BCUT2D eigenvalue weighted by molar-refractivity contribution is 6.08.